The van der Waals surface area contributed by atoms with E-state index in [0.717, 1.165) is 19.3 Å². The van der Waals surface area contributed by atoms with E-state index >= 15 is 0 Å². The summed E-state index contributed by atoms with van der Waals surface area (Å²) in [5.74, 6) is 0.567. The van der Waals surface area contributed by atoms with Crippen molar-refractivity contribution in [3.8, 4) is 0 Å². The van der Waals surface area contributed by atoms with Crippen molar-refractivity contribution in [2.45, 2.75) is 31.7 Å². The van der Waals surface area contributed by atoms with Crippen LogP contribution in [0.15, 0.2) is 30.3 Å². The maximum absolute atomic E-state index is 12.3. The summed E-state index contributed by atoms with van der Waals surface area (Å²) in [6, 6.07) is 9.53. The van der Waals surface area contributed by atoms with Crippen LogP contribution in [0.2, 0.25) is 0 Å². The van der Waals surface area contributed by atoms with Gasteiger partial charge in [0.25, 0.3) is 0 Å². The number of hydrogen-bond donors (Lipinski definition) is 2. The van der Waals surface area contributed by atoms with Crippen molar-refractivity contribution in [3.05, 3.63) is 35.9 Å². The molecule has 2 fully saturated rings. The zero-order chi connectivity index (χ0) is 19.3. The summed E-state index contributed by atoms with van der Waals surface area (Å²) in [4.78, 5) is 26.0. The predicted molar refractivity (Wildman–Crippen MR) is 103 cm³/mol. The van der Waals surface area contributed by atoms with E-state index in [1.165, 1.54) is 5.56 Å². The maximum atomic E-state index is 12.3. The van der Waals surface area contributed by atoms with Crippen LogP contribution in [-0.4, -0.2) is 62.4 Å². The number of piperidine rings is 1. The van der Waals surface area contributed by atoms with Gasteiger partial charge in [-0.3, -0.25) is 4.79 Å². The maximum Gasteiger partial charge on any atom is 0.315 e. The molecule has 1 atom stereocenters. The van der Waals surface area contributed by atoms with Crippen LogP contribution in [0.25, 0.3) is 0 Å². The molecule has 1 aromatic rings. The number of carbonyl (C=O) groups excluding carboxylic acids is 2. The highest BCUT2D eigenvalue weighted by molar-refractivity contribution is 7.91. The minimum Gasteiger partial charge on any atom is -0.341 e. The lowest BCUT2D eigenvalue weighted by Gasteiger charge is -2.32. The van der Waals surface area contributed by atoms with E-state index in [0.29, 0.717) is 25.4 Å². The number of sulfone groups is 1. The standard InChI is InChI=1S/C19H27N3O4S/c23-18(13-20-19(24)21-17-8-11-27(25,26)14-17)22-9-6-16(7-10-22)12-15-4-2-1-3-5-15/h1-5,16-17H,6-14H2,(H2,20,21,24)/t17-/m0/s1. The Morgan fingerprint density at radius 1 is 1.07 bits per heavy atom. The summed E-state index contributed by atoms with van der Waals surface area (Å²) >= 11 is 0. The molecule has 0 aliphatic carbocycles. The second-order valence-electron chi connectivity index (χ2n) is 7.44. The molecule has 8 heteroatoms. The number of urea groups is 1. The third-order valence-corrected chi connectivity index (χ3v) is 7.07. The van der Waals surface area contributed by atoms with Crippen molar-refractivity contribution in [1.29, 1.82) is 0 Å². The van der Waals surface area contributed by atoms with Crippen molar-refractivity contribution in [1.82, 2.24) is 15.5 Å². The van der Waals surface area contributed by atoms with E-state index in [9.17, 15) is 18.0 Å². The van der Waals surface area contributed by atoms with Crippen LogP contribution >= 0.6 is 0 Å². The predicted octanol–water partition coefficient (Wildman–Crippen LogP) is 0.954. The molecule has 2 saturated heterocycles. The molecule has 7 nitrogen and oxygen atoms in total. The van der Waals surface area contributed by atoms with E-state index in [4.69, 9.17) is 0 Å². The number of likely N-dealkylation sites (tertiary alicyclic amines) is 1. The highest BCUT2D eigenvalue weighted by Crippen LogP contribution is 2.21. The first kappa shape index (κ1) is 19.7. The lowest BCUT2D eigenvalue weighted by atomic mass is 9.90. The van der Waals surface area contributed by atoms with Gasteiger partial charge in [-0.25, -0.2) is 13.2 Å². The number of benzene rings is 1. The van der Waals surface area contributed by atoms with Gasteiger partial charge in [0.05, 0.1) is 18.1 Å². The first-order valence-electron chi connectivity index (χ1n) is 9.48. The Kier molecular flexibility index (Phi) is 6.36. The van der Waals surface area contributed by atoms with Crippen molar-refractivity contribution in [2.75, 3.05) is 31.1 Å². The van der Waals surface area contributed by atoms with E-state index in [-0.39, 0.29) is 30.0 Å². The monoisotopic (exact) mass is 393 g/mol. The molecular weight excluding hydrogens is 366 g/mol. The minimum absolute atomic E-state index is 0.0245. The number of nitrogens with zero attached hydrogens (tertiary/aromatic N) is 1. The molecule has 0 saturated carbocycles. The minimum atomic E-state index is -3.04. The van der Waals surface area contributed by atoms with Gasteiger partial charge >= 0.3 is 6.03 Å². The third-order valence-electron chi connectivity index (χ3n) is 5.30. The number of rotatable bonds is 5. The molecule has 148 valence electrons. The van der Waals surface area contributed by atoms with Gasteiger partial charge in [-0.2, -0.15) is 0 Å². The summed E-state index contributed by atoms with van der Waals surface area (Å²) in [5.41, 5.74) is 1.33. The normalized spacial score (nSPS) is 22.4. The zero-order valence-electron chi connectivity index (χ0n) is 15.4. The average molecular weight is 394 g/mol. The Balaban J connectivity index is 1.35. The molecule has 0 spiro atoms. The third kappa shape index (κ3) is 5.95. The van der Waals surface area contributed by atoms with Crippen molar-refractivity contribution < 1.29 is 18.0 Å². The Morgan fingerprint density at radius 3 is 2.41 bits per heavy atom. The van der Waals surface area contributed by atoms with Crippen LogP contribution in [0.4, 0.5) is 4.79 Å². The van der Waals surface area contributed by atoms with Gasteiger partial charge in [-0.1, -0.05) is 30.3 Å². The van der Waals surface area contributed by atoms with Gasteiger partial charge in [0.1, 0.15) is 0 Å². The molecule has 27 heavy (non-hydrogen) atoms. The Hall–Kier alpha value is -2.09. The Labute approximate surface area is 160 Å². The van der Waals surface area contributed by atoms with Gasteiger partial charge in [0.15, 0.2) is 9.84 Å². The average Bonchev–Trinajstić information content (AvgIpc) is 2.99. The quantitative estimate of drug-likeness (QED) is 0.779. The number of hydrogen-bond acceptors (Lipinski definition) is 4. The molecule has 1 aromatic carbocycles. The number of nitrogens with one attached hydrogen (secondary N) is 2. The van der Waals surface area contributed by atoms with E-state index in [2.05, 4.69) is 22.8 Å². The highest BCUT2D eigenvalue weighted by Gasteiger charge is 2.29. The second-order valence-corrected chi connectivity index (χ2v) is 9.67. The van der Waals surface area contributed by atoms with Crippen LogP contribution in [0.5, 0.6) is 0 Å². The Morgan fingerprint density at radius 2 is 1.78 bits per heavy atom. The number of amides is 3. The van der Waals surface area contributed by atoms with E-state index < -0.39 is 15.9 Å². The van der Waals surface area contributed by atoms with Crippen LogP contribution in [0, 0.1) is 5.92 Å². The fourth-order valence-electron chi connectivity index (χ4n) is 3.75. The summed E-state index contributed by atoms with van der Waals surface area (Å²) in [7, 11) is -3.04. The van der Waals surface area contributed by atoms with Crippen molar-refractivity contribution in [2.24, 2.45) is 5.92 Å². The lowest BCUT2D eigenvalue weighted by Crippen LogP contribution is -2.48. The molecular formula is C19H27N3O4S. The molecule has 0 aromatic heterocycles. The molecule has 3 amide bonds. The molecule has 3 rings (SSSR count). The summed E-state index contributed by atoms with van der Waals surface area (Å²) in [5, 5.41) is 5.18. The van der Waals surface area contributed by atoms with Gasteiger partial charge in [0, 0.05) is 19.1 Å². The smallest absolute Gasteiger partial charge is 0.315 e. The molecule has 2 heterocycles. The van der Waals surface area contributed by atoms with E-state index in [1.54, 1.807) is 4.90 Å². The van der Waals surface area contributed by atoms with Crippen molar-refractivity contribution in [3.63, 3.8) is 0 Å². The SMILES string of the molecule is O=C(NCC(=O)N1CCC(Cc2ccccc2)CC1)N[C@H]1CCS(=O)(=O)C1. The van der Waals surface area contributed by atoms with Crippen LogP contribution in [0.3, 0.4) is 0 Å². The van der Waals surface area contributed by atoms with Gasteiger partial charge in [-0.15, -0.1) is 0 Å². The summed E-state index contributed by atoms with van der Waals surface area (Å²) in [6.07, 6.45) is 3.39. The highest BCUT2D eigenvalue weighted by atomic mass is 32.2. The second kappa shape index (κ2) is 8.73. The Bertz CT molecular complexity index is 758. The van der Waals surface area contributed by atoms with Crippen LogP contribution in [0.1, 0.15) is 24.8 Å². The molecule has 2 aliphatic heterocycles. The van der Waals surface area contributed by atoms with Gasteiger partial charge < -0.3 is 15.5 Å². The van der Waals surface area contributed by atoms with Crippen LogP contribution < -0.4 is 10.6 Å². The zero-order valence-corrected chi connectivity index (χ0v) is 16.2. The van der Waals surface area contributed by atoms with Crippen LogP contribution in [-0.2, 0) is 21.1 Å². The van der Waals surface area contributed by atoms with Gasteiger partial charge in [-0.05, 0) is 37.2 Å². The molecule has 0 radical (unpaired) electrons. The van der Waals surface area contributed by atoms with Crippen molar-refractivity contribution >= 4 is 21.8 Å². The fourth-order valence-corrected chi connectivity index (χ4v) is 5.42. The molecule has 2 aliphatic rings. The summed E-state index contributed by atoms with van der Waals surface area (Å²) in [6.45, 7) is 1.36. The first-order chi connectivity index (χ1) is 12.9. The topological polar surface area (TPSA) is 95.6 Å². The first-order valence-corrected chi connectivity index (χ1v) is 11.3. The largest absolute Gasteiger partial charge is 0.341 e. The molecule has 0 bridgehead atoms. The molecule has 2 N–H and O–H groups in total. The summed E-state index contributed by atoms with van der Waals surface area (Å²) < 4.78 is 22.8. The lowest BCUT2D eigenvalue weighted by molar-refractivity contribution is -0.131. The van der Waals surface area contributed by atoms with E-state index in [1.807, 2.05) is 18.2 Å². The van der Waals surface area contributed by atoms with Gasteiger partial charge in [0.2, 0.25) is 5.91 Å². The molecule has 0 unspecified atom stereocenters. The fraction of sp³-hybridized carbons (Fsp3) is 0.579. The number of carbonyl (C=O) groups is 2.